The fourth-order valence-corrected chi connectivity index (χ4v) is 2.46. The minimum atomic E-state index is -0.0813. The zero-order valence-electron chi connectivity index (χ0n) is 11.1. The van der Waals surface area contributed by atoms with E-state index in [1.807, 2.05) is 30.3 Å². The van der Waals surface area contributed by atoms with Crippen molar-refractivity contribution < 1.29 is 9.84 Å². The van der Waals surface area contributed by atoms with E-state index in [0.717, 1.165) is 15.4 Å². The summed E-state index contributed by atoms with van der Waals surface area (Å²) in [6.07, 6.45) is 1.70. The molecule has 3 N–H and O–H groups in total. The molecular weight excluding hydrogens is 332 g/mol. The summed E-state index contributed by atoms with van der Waals surface area (Å²) in [6.45, 7) is -0.0813. The normalized spacial score (nSPS) is 10.8. The second-order valence-electron chi connectivity index (χ2n) is 4.57. The zero-order valence-corrected chi connectivity index (χ0v) is 12.7. The van der Waals surface area contributed by atoms with Crippen LogP contribution in [-0.4, -0.2) is 10.1 Å². The minimum absolute atomic E-state index is 0.0813. The van der Waals surface area contributed by atoms with Crippen LogP contribution in [-0.2, 0) is 6.61 Å². The van der Waals surface area contributed by atoms with Crippen molar-refractivity contribution in [1.82, 2.24) is 4.98 Å². The molecule has 106 valence electrons. The first-order valence-electron chi connectivity index (χ1n) is 6.39. The summed E-state index contributed by atoms with van der Waals surface area (Å²) in [6, 6.07) is 12.8. The van der Waals surface area contributed by atoms with E-state index in [-0.39, 0.29) is 6.61 Å². The molecule has 3 aromatic rings. The van der Waals surface area contributed by atoms with Crippen LogP contribution in [0.5, 0.6) is 11.5 Å². The second-order valence-corrected chi connectivity index (χ2v) is 5.49. The molecule has 1 aromatic heterocycles. The van der Waals surface area contributed by atoms with Gasteiger partial charge in [-0.2, -0.15) is 0 Å². The fourth-order valence-electron chi connectivity index (χ4n) is 2.12. The number of hydrogen-bond donors (Lipinski definition) is 2. The number of hydrogen-bond acceptors (Lipinski definition) is 4. The van der Waals surface area contributed by atoms with Crippen LogP contribution in [0.1, 0.15) is 5.56 Å². The Morgan fingerprint density at radius 2 is 1.95 bits per heavy atom. The van der Waals surface area contributed by atoms with Gasteiger partial charge in [-0.05, 0) is 40.2 Å². The van der Waals surface area contributed by atoms with E-state index in [0.29, 0.717) is 22.7 Å². The van der Waals surface area contributed by atoms with Crippen molar-refractivity contribution in [2.75, 3.05) is 5.73 Å². The molecule has 0 saturated carbocycles. The maximum atomic E-state index is 9.37. The van der Waals surface area contributed by atoms with E-state index >= 15 is 0 Å². The largest absolute Gasteiger partial charge is 0.455 e. The van der Waals surface area contributed by atoms with E-state index in [2.05, 4.69) is 20.9 Å². The van der Waals surface area contributed by atoms with E-state index < -0.39 is 0 Å². The molecule has 0 bridgehead atoms. The lowest BCUT2D eigenvalue weighted by Crippen LogP contribution is -1.95. The van der Waals surface area contributed by atoms with Gasteiger partial charge in [-0.1, -0.05) is 18.2 Å². The Bertz CT molecular complexity index is 805. The lowest BCUT2D eigenvalue weighted by molar-refractivity contribution is 0.276. The fraction of sp³-hybridized carbons (Fsp3) is 0.0625. The molecule has 0 amide bonds. The molecule has 0 aliphatic rings. The van der Waals surface area contributed by atoms with Crippen molar-refractivity contribution in [1.29, 1.82) is 0 Å². The lowest BCUT2D eigenvalue weighted by Gasteiger charge is -2.12. The number of ether oxygens (including phenoxy) is 1. The molecule has 0 atom stereocenters. The number of rotatable bonds is 3. The molecule has 0 aliphatic carbocycles. The SMILES string of the molecule is Nc1ccc(Oc2ccccc2CO)c2ncc(Br)cc12. The number of halogens is 1. The predicted molar refractivity (Wildman–Crippen MR) is 86.3 cm³/mol. The Morgan fingerprint density at radius 1 is 1.14 bits per heavy atom. The number of para-hydroxylation sites is 1. The Kier molecular flexibility index (Phi) is 3.77. The summed E-state index contributed by atoms with van der Waals surface area (Å²) >= 11 is 3.39. The Hall–Kier alpha value is -2.11. The number of aliphatic hydroxyl groups is 1. The Balaban J connectivity index is 2.11. The predicted octanol–water partition coefficient (Wildman–Crippen LogP) is 3.86. The number of aliphatic hydroxyl groups excluding tert-OH is 1. The number of anilines is 1. The molecule has 1 heterocycles. The molecule has 3 rings (SSSR count). The number of nitrogens with two attached hydrogens (primary N) is 1. The van der Waals surface area contributed by atoms with Crippen molar-refractivity contribution in [3.8, 4) is 11.5 Å². The van der Waals surface area contributed by atoms with Gasteiger partial charge in [0.2, 0.25) is 0 Å². The quantitative estimate of drug-likeness (QED) is 0.707. The first kappa shape index (κ1) is 13.9. The first-order chi connectivity index (χ1) is 10.2. The molecule has 21 heavy (non-hydrogen) atoms. The van der Waals surface area contributed by atoms with E-state index in [4.69, 9.17) is 10.5 Å². The summed E-state index contributed by atoms with van der Waals surface area (Å²) < 4.78 is 6.77. The van der Waals surface area contributed by atoms with Gasteiger partial charge in [0, 0.05) is 27.3 Å². The van der Waals surface area contributed by atoms with Crippen LogP contribution < -0.4 is 10.5 Å². The lowest BCUT2D eigenvalue weighted by atomic mass is 10.1. The van der Waals surface area contributed by atoms with Crippen LogP contribution in [0, 0.1) is 0 Å². The average Bonchev–Trinajstić information content (AvgIpc) is 2.51. The van der Waals surface area contributed by atoms with E-state index in [9.17, 15) is 5.11 Å². The smallest absolute Gasteiger partial charge is 0.153 e. The third kappa shape index (κ3) is 2.70. The van der Waals surface area contributed by atoms with Gasteiger partial charge in [0.05, 0.1) is 6.61 Å². The van der Waals surface area contributed by atoms with Crippen molar-refractivity contribution >= 4 is 32.5 Å². The molecule has 0 spiro atoms. The van der Waals surface area contributed by atoms with Gasteiger partial charge in [0.25, 0.3) is 0 Å². The van der Waals surface area contributed by atoms with Gasteiger partial charge in [-0.15, -0.1) is 0 Å². The minimum Gasteiger partial charge on any atom is -0.455 e. The van der Waals surface area contributed by atoms with E-state index in [1.54, 1.807) is 18.3 Å². The Morgan fingerprint density at radius 3 is 2.76 bits per heavy atom. The third-order valence-corrected chi connectivity index (χ3v) is 3.61. The molecule has 0 radical (unpaired) electrons. The molecule has 5 heteroatoms. The van der Waals surface area contributed by atoms with Gasteiger partial charge >= 0.3 is 0 Å². The second kappa shape index (κ2) is 5.71. The highest BCUT2D eigenvalue weighted by molar-refractivity contribution is 9.10. The summed E-state index contributed by atoms with van der Waals surface area (Å²) in [5, 5.41) is 10.2. The van der Waals surface area contributed by atoms with Gasteiger partial charge in [0.1, 0.15) is 11.3 Å². The molecular formula is C16H13BrN2O2. The summed E-state index contributed by atoms with van der Waals surface area (Å²) in [7, 11) is 0. The van der Waals surface area contributed by atoms with E-state index in [1.165, 1.54) is 0 Å². The van der Waals surface area contributed by atoms with Crippen molar-refractivity contribution in [2.45, 2.75) is 6.61 Å². The van der Waals surface area contributed by atoms with Crippen LogP contribution in [0.25, 0.3) is 10.9 Å². The van der Waals surface area contributed by atoms with Gasteiger partial charge in [-0.25, -0.2) is 0 Å². The average molecular weight is 345 g/mol. The topological polar surface area (TPSA) is 68.4 Å². The Labute approximate surface area is 130 Å². The zero-order chi connectivity index (χ0) is 14.8. The number of aromatic nitrogens is 1. The summed E-state index contributed by atoms with van der Waals surface area (Å²) in [5.41, 5.74) is 8.04. The highest BCUT2D eigenvalue weighted by Gasteiger charge is 2.10. The molecule has 2 aromatic carbocycles. The molecule has 0 aliphatic heterocycles. The number of fused-ring (bicyclic) bond motifs is 1. The number of benzene rings is 2. The van der Waals surface area contributed by atoms with Crippen LogP contribution in [0.4, 0.5) is 5.69 Å². The number of pyridine rings is 1. The maximum Gasteiger partial charge on any atom is 0.153 e. The van der Waals surface area contributed by atoms with Crippen molar-refractivity contribution in [3.05, 3.63) is 58.7 Å². The molecule has 4 nitrogen and oxygen atoms in total. The molecule has 0 saturated heterocycles. The number of nitrogen functional groups attached to an aromatic ring is 1. The van der Waals surface area contributed by atoms with Crippen LogP contribution in [0.2, 0.25) is 0 Å². The highest BCUT2D eigenvalue weighted by Crippen LogP contribution is 2.34. The maximum absolute atomic E-state index is 9.37. The number of nitrogens with zero attached hydrogens (tertiary/aromatic N) is 1. The summed E-state index contributed by atoms with van der Waals surface area (Å²) in [4.78, 5) is 4.38. The van der Waals surface area contributed by atoms with Crippen molar-refractivity contribution in [3.63, 3.8) is 0 Å². The monoisotopic (exact) mass is 344 g/mol. The third-order valence-electron chi connectivity index (χ3n) is 3.18. The van der Waals surface area contributed by atoms with Gasteiger partial charge < -0.3 is 15.6 Å². The van der Waals surface area contributed by atoms with Gasteiger partial charge in [-0.3, -0.25) is 4.98 Å². The molecule has 0 unspecified atom stereocenters. The van der Waals surface area contributed by atoms with Crippen LogP contribution in [0.15, 0.2) is 53.1 Å². The van der Waals surface area contributed by atoms with Crippen LogP contribution >= 0.6 is 15.9 Å². The highest BCUT2D eigenvalue weighted by atomic mass is 79.9. The first-order valence-corrected chi connectivity index (χ1v) is 7.18. The molecule has 0 fully saturated rings. The van der Waals surface area contributed by atoms with Crippen LogP contribution in [0.3, 0.4) is 0 Å². The van der Waals surface area contributed by atoms with Crippen molar-refractivity contribution in [2.24, 2.45) is 0 Å². The summed E-state index contributed by atoms with van der Waals surface area (Å²) in [5.74, 6) is 1.21. The van der Waals surface area contributed by atoms with Gasteiger partial charge in [0.15, 0.2) is 5.75 Å². The standard InChI is InChI=1S/C16H13BrN2O2/c17-11-7-12-13(18)5-6-15(16(12)19-8-11)21-14-4-2-1-3-10(14)9-20/h1-8,20H,9,18H2.